The predicted molar refractivity (Wildman–Crippen MR) is 33.3 cm³/mol. The Morgan fingerprint density at radius 3 is 2.38 bits per heavy atom. The molecular formula is C4H6CeN2O6. The van der Waals surface area contributed by atoms with Gasteiger partial charge in [0.2, 0.25) is 0 Å². The first-order valence-electron chi connectivity index (χ1n) is 2.77. The Balaban J connectivity index is 0. The fourth-order valence-corrected chi connectivity index (χ4v) is 0.387. The van der Waals surface area contributed by atoms with Crippen molar-refractivity contribution in [3.63, 3.8) is 0 Å². The van der Waals surface area contributed by atoms with E-state index in [4.69, 9.17) is 10.8 Å². The summed E-state index contributed by atoms with van der Waals surface area (Å²) < 4.78 is 0. The van der Waals surface area contributed by atoms with Crippen LogP contribution in [0.15, 0.2) is 0 Å². The molecule has 0 aromatic carbocycles. The second-order valence-corrected chi connectivity index (χ2v) is 1.84. The van der Waals surface area contributed by atoms with Crippen LogP contribution in [0.5, 0.6) is 0 Å². The van der Waals surface area contributed by atoms with Gasteiger partial charge in [-0.15, -0.1) is 10.1 Å². The van der Waals surface area contributed by atoms with Crippen LogP contribution in [0.2, 0.25) is 0 Å². The van der Waals surface area contributed by atoms with E-state index in [1.165, 1.54) is 0 Å². The second kappa shape index (κ2) is 7.12. The van der Waals surface area contributed by atoms with Gasteiger partial charge < -0.3 is 10.8 Å². The molecule has 0 saturated carbocycles. The van der Waals surface area contributed by atoms with Crippen molar-refractivity contribution in [1.82, 2.24) is 0 Å². The number of carbonyl (C=O) groups is 2. The third-order valence-electron chi connectivity index (χ3n) is 0.880. The molecule has 0 saturated heterocycles. The number of nitrogens with two attached hydrogens (primary N) is 1. The molecule has 13 heavy (non-hydrogen) atoms. The summed E-state index contributed by atoms with van der Waals surface area (Å²) in [5.41, 5.74) is 4.87. The van der Waals surface area contributed by atoms with Crippen LogP contribution in [0.25, 0.3) is 0 Å². The maximum atomic E-state index is 10.4. The standard InChI is InChI=1S/C4H6N2O6.Ce/c5-2(4(8)9)1-3(7)12-6(10)11;/h2H,1,5H2,(H,8,9);/t2-;/m0./s1. The van der Waals surface area contributed by atoms with Crippen molar-refractivity contribution in [2.75, 3.05) is 0 Å². The minimum atomic E-state index is -1.47. The zero-order valence-electron chi connectivity index (χ0n) is 6.30. The number of carbonyl (C=O) groups excluding carboxylic acids is 1. The molecule has 0 fully saturated rings. The summed E-state index contributed by atoms with van der Waals surface area (Å²) in [4.78, 5) is 33.3. The van der Waals surface area contributed by atoms with E-state index in [1.54, 1.807) is 0 Å². The van der Waals surface area contributed by atoms with Gasteiger partial charge in [-0.1, -0.05) is 0 Å². The van der Waals surface area contributed by atoms with Gasteiger partial charge in [-0.2, -0.15) is 0 Å². The molecule has 0 bridgehead atoms. The molecule has 0 aromatic rings. The van der Waals surface area contributed by atoms with Crippen LogP contribution in [-0.2, 0) is 14.4 Å². The van der Waals surface area contributed by atoms with Gasteiger partial charge in [-0.3, -0.25) is 9.59 Å². The number of hydrogen-bond donors (Lipinski definition) is 2. The van der Waals surface area contributed by atoms with E-state index in [0.717, 1.165) is 0 Å². The topological polar surface area (TPSA) is 133 Å². The Labute approximate surface area is 106 Å². The fraction of sp³-hybridized carbons (Fsp3) is 0.500. The first-order chi connectivity index (χ1) is 5.43. The summed E-state index contributed by atoms with van der Waals surface area (Å²) >= 11 is 0. The third kappa shape index (κ3) is 8.02. The van der Waals surface area contributed by atoms with Gasteiger partial charge >= 0.3 is 17.0 Å². The largest absolute Gasteiger partial charge is 0.480 e. The van der Waals surface area contributed by atoms with Crippen molar-refractivity contribution in [3.8, 4) is 0 Å². The molecule has 3 N–H and O–H groups in total. The maximum Gasteiger partial charge on any atom is 0.321 e. The molecule has 0 spiro atoms. The van der Waals surface area contributed by atoms with Gasteiger partial charge in [0.1, 0.15) is 6.04 Å². The van der Waals surface area contributed by atoms with Crippen LogP contribution >= 0.6 is 0 Å². The van der Waals surface area contributed by atoms with Crippen LogP contribution in [0.3, 0.4) is 0 Å². The minimum Gasteiger partial charge on any atom is -0.480 e. The Hall–Kier alpha value is -0.323. The van der Waals surface area contributed by atoms with Crippen LogP contribution in [0, 0.1) is 51.9 Å². The molecule has 0 aliphatic heterocycles. The molecule has 0 rings (SSSR count). The summed E-state index contributed by atoms with van der Waals surface area (Å²) in [6.07, 6.45) is -0.726. The zero-order chi connectivity index (χ0) is 9.72. The number of carboxylic acid groups (broad SMARTS) is 1. The van der Waals surface area contributed by atoms with Crippen molar-refractivity contribution in [3.05, 3.63) is 10.1 Å². The fourth-order valence-electron chi connectivity index (χ4n) is 0.387. The average Bonchev–Trinajstić information content (AvgIpc) is 1.84. The summed E-state index contributed by atoms with van der Waals surface area (Å²) in [7, 11) is 0. The molecule has 9 heteroatoms. The summed E-state index contributed by atoms with van der Waals surface area (Å²) in [5.74, 6) is -2.70. The van der Waals surface area contributed by atoms with Crippen LogP contribution in [0.4, 0.5) is 0 Å². The molecule has 0 radical (unpaired) electrons. The first-order valence-corrected chi connectivity index (χ1v) is 2.77. The molecule has 0 amide bonds. The Morgan fingerprint density at radius 1 is 1.62 bits per heavy atom. The molecule has 0 aliphatic rings. The molecule has 0 aliphatic carbocycles. The van der Waals surface area contributed by atoms with Gasteiger partial charge in [-0.05, 0) is 0 Å². The van der Waals surface area contributed by atoms with E-state index in [9.17, 15) is 19.7 Å². The van der Waals surface area contributed by atoms with E-state index in [1.807, 2.05) is 0 Å². The summed E-state index contributed by atoms with van der Waals surface area (Å²) in [6.45, 7) is 0. The molecule has 0 unspecified atom stereocenters. The number of rotatable bonds is 4. The van der Waals surface area contributed by atoms with Crippen LogP contribution in [0.1, 0.15) is 6.42 Å². The van der Waals surface area contributed by atoms with Gasteiger partial charge in [0, 0.05) is 41.7 Å². The van der Waals surface area contributed by atoms with Crippen molar-refractivity contribution in [2.24, 2.45) is 5.73 Å². The predicted octanol–water partition coefficient (Wildman–Crippen LogP) is -1.48. The molecule has 0 aromatic heterocycles. The number of nitrogens with zero attached hydrogens (tertiary/aromatic N) is 1. The Kier molecular flexibility index (Phi) is 8.30. The SMILES string of the molecule is N[C@@H](CC(=O)O[N+](=O)[O-])C(=O)O.[Ce]. The average molecular weight is 318 g/mol. The maximum absolute atomic E-state index is 10.4. The molecule has 8 nitrogen and oxygen atoms in total. The van der Waals surface area contributed by atoms with Gasteiger partial charge in [0.15, 0.2) is 0 Å². The Morgan fingerprint density at radius 2 is 2.08 bits per heavy atom. The zero-order valence-corrected chi connectivity index (χ0v) is 9.44. The van der Waals surface area contributed by atoms with Crippen molar-refractivity contribution in [2.45, 2.75) is 12.5 Å². The molecule has 1 atom stereocenters. The Bertz CT molecular complexity index is 219. The number of hydrogen-bond acceptors (Lipinski definition) is 6. The summed E-state index contributed by atoms with van der Waals surface area (Å²) in [6, 6.07) is -1.47. The van der Waals surface area contributed by atoms with Gasteiger partial charge in [0.05, 0.1) is 6.42 Å². The van der Waals surface area contributed by atoms with Crippen LogP contribution < -0.4 is 5.73 Å². The number of carboxylic acids is 1. The molecular weight excluding hydrogens is 312 g/mol. The van der Waals surface area contributed by atoms with Crippen molar-refractivity contribution in [1.29, 1.82) is 0 Å². The van der Waals surface area contributed by atoms with Crippen molar-refractivity contribution >= 4 is 11.9 Å². The smallest absolute Gasteiger partial charge is 0.321 e. The van der Waals surface area contributed by atoms with E-state index >= 15 is 0 Å². The monoisotopic (exact) mass is 318 g/mol. The molecule has 72 valence electrons. The third-order valence-corrected chi connectivity index (χ3v) is 0.880. The van der Waals surface area contributed by atoms with Gasteiger partial charge in [0.25, 0.3) is 0 Å². The summed E-state index contributed by atoms with van der Waals surface area (Å²) in [5, 5.41) is 16.4. The number of aliphatic carboxylic acids is 1. The normalized spacial score (nSPS) is 10.8. The van der Waals surface area contributed by atoms with E-state index in [2.05, 4.69) is 4.84 Å². The van der Waals surface area contributed by atoms with E-state index in [0.29, 0.717) is 0 Å². The second-order valence-electron chi connectivity index (χ2n) is 1.84. The first kappa shape index (κ1) is 15.2. The van der Waals surface area contributed by atoms with E-state index < -0.39 is 29.5 Å². The van der Waals surface area contributed by atoms with E-state index in [-0.39, 0.29) is 41.7 Å². The molecule has 0 heterocycles. The quantitative estimate of drug-likeness (QED) is 0.477. The van der Waals surface area contributed by atoms with Gasteiger partial charge in [-0.25, -0.2) is 4.84 Å². The van der Waals surface area contributed by atoms with Crippen molar-refractivity contribution < 1.29 is 66.4 Å². The van der Waals surface area contributed by atoms with Crippen LogP contribution in [-0.4, -0.2) is 28.2 Å². The minimum absolute atomic E-state index is 0.